The smallest absolute Gasteiger partial charge is 0.137 e. The molecule has 0 aliphatic rings. The van der Waals surface area contributed by atoms with Crippen LogP contribution in [-0.4, -0.2) is 14.0 Å². The molecule has 0 radical (unpaired) electrons. The molecule has 4 nitrogen and oxygen atoms in total. The van der Waals surface area contributed by atoms with E-state index in [2.05, 4.69) is 203 Å². The minimum absolute atomic E-state index is 0.880. The normalized spacial score (nSPS) is 11.9. The van der Waals surface area contributed by atoms with Crippen molar-refractivity contribution in [2.45, 2.75) is 0 Å². The monoisotopic (exact) mass is 727 g/mol. The second-order valence-electron chi connectivity index (χ2n) is 14.8. The fraction of sp³-hybridized carbons (Fsp3) is 0. The van der Waals surface area contributed by atoms with Gasteiger partial charge in [-0.25, -0.2) is 4.98 Å². The maximum absolute atomic E-state index is 6.54. The molecule has 0 atom stereocenters. The van der Waals surface area contributed by atoms with Crippen molar-refractivity contribution in [2.75, 3.05) is 0 Å². The summed E-state index contributed by atoms with van der Waals surface area (Å²) < 4.78 is 11.1. The van der Waals surface area contributed by atoms with Gasteiger partial charge < -0.3 is 8.98 Å². The van der Waals surface area contributed by atoms with Crippen LogP contribution in [0.2, 0.25) is 0 Å². The first-order chi connectivity index (χ1) is 28.3. The molecule has 0 N–H and O–H groups in total. The van der Waals surface area contributed by atoms with Gasteiger partial charge >= 0.3 is 0 Å². The van der Waals surface area contributed by atoms with E-state index in [0.29, 0.717) is 0 Å². The van der Waals surface area contributed by atoms with Crippen molar-refractivity contribution in [1.29, 1.82) is 0 Å². The molecule has 0 amide bonds. The molecule has 12 aromatic rings. The Morgan fingerprint density at radius 1 is 0.421 bits per heavy atom. The fourth-order valence-corrected chi connectivity index (χ4v) is 8.97. The van der Waals surface area contributed by atoms with Crippen molar-refractivity contribution < 1.29 is 4.42 Å². The van der Waals surface area contributed by atoms with Gasteiger partial charge in [0.1, 0.15) is 16.8 Å². The predicted molar refractivity (Wildman–Crippen MR) is 236 cm³/mol. The van der Waals surface area contributed by atoms with Crippen molar-refractivity contribution >= 4 is 60.2 Å². The van der Waals surface area contributed by atoms with Crippen LogP contribution < -0.4 is 0 Å². The van der Waals surface area contributed by atoms with Gasteiger partial charge in [-0.3, -0.25) is 4.40 Å². The van der Waals surface area contributed by atoms with Gasteiger partial charge in [-0.05, 0) is 99.8 Å². The molecule has 4 heterocycles. The highest BCUT2D eigenvalue weighted by atomic mass is 16.3. The maximum atomic E-state index is 6.54. The molecule has 0 fully saturated rings. The fourth-order valence-electron chi connectivity index (χ4n) is 8.97. The zero-order valence-electron chi connectivity index (χ0n) is 30.8. The summed E-state index contributed by atoms with van der Waals surface area (Å²) in [6.45, 7) is 0. The van der Waals surface area contributed by atoms with E-state index < -0.39 is 0 Å². The summed E-state index contributed by atoms with van der Waals surface area (Å²) >= 11 is 0. The largest absolute Gasteiger partial charge is 0.456 e. The Balaban J connectivity index is 1.00. The average molecular weight is 728 g/mol. The zero-order chi connectivity index (χ0) is 37.5. The molecule has 12 rings (SSSR count). The third kappa shape index (κ3) is 4.91. The molecular weight excluding hydrogens is 695 g/mol. The number of benzene rings is 8. The minimum atomic E-state index is 0.880. The first-order valence-corrected chi connectivity index (χ1v) is 19.4. The van der Waals surface area contributed by atoms with E-state index >= 15 is 0 Å². The van der Waals surface area contributed by atoms with E-state index in [1.165, 1.54) is 38.3 Å². The Labute approximate surface area is 328 Å². The summed E-state index contributed by atoms with van der Waals surface area (Å²) in [5.41, 5.74) is 15.2. The van der Waals surface area contributed by atoms with Gasteiger partial charge in [-0.15, -0.1) is 0 Å². The van der Waals surface area contributed by atoms with Gasteiger partial charge in [0.25, 0.3) is 0 Å². The molecule has 4 aromatic heterocycles. The topological polar surface area (TPSA) is 35.4 Å². The number of para-hydroxylation sites is 2. The van der Waals surface area contributed by atoms with Gasteiger partial charge in [0.15, 0.2) is 0 Å². The first kappa shape index (κ1) is 31.6. The van der Waals surface area contributed by atoms with Crippen molar-refractivity contribution in [2.24, 2.45) is 0 Å². The molecule has 0 unspecified atom stereocenters. The third-order valence-corrected chi connectivity index (χ3v) is 11.5. The highest BCUT2D eigenvalue weighted by Crippen LogP contribution is 2.43. The van der Waals surface area contributed by atoms with Crippen LogP contribution in [-0.2, 0) is 0 Å². The van der Waals surface area contributed by atoms with E-state index in [-0.39, 0.29) is 0 Å². The molecule has 0 spiro atoms. The lowest BCUT2D eigenvalue weighted by Gasteiger charge is -2.11. The number of fused-ring (bicyclic) bond motifs is 8. The molecule has 0 aliphatic carbocycles. The van der Waals surface area contributed by atoms with Crippen LogP contribution in [0.1, 0.15) is 0 Å². The van der Waals surface area contributed by atoms with Crippen molar-refractivity contribution in [3.63, 3.8) is 0 Å². The highest BCUT2D eigenvalue weighted by Gasteiger charge is 2.19. The molecule has 0 bridgehead atoms. The number of hydrogen-bond donors (Lipinski definition) is 0. The average Bonchev–Trinajstić information content (AvgIpc) is 3.96. The number of furan rings is 1. The number of imidazole rings is 1. The summed E-state index contributed by atoms with van der Waals surface area (Å²) in [6, 6.07) is 69.3. The van der Waals surface area contributed by atoms with E-state index in [4.69, 9.17) is 9.40 Å². The Bertz CT molecular complexity index is 3520. The van der Waals surface area contributed by atoms with Crippen LogP contribution in [0.5, 0.6) is 0 Å². The van der Waals surface area contributed by atoms with Crippen molar-refractivity contribution in [3.8, 4) is 50.5 Å². The van der Waals surface area contributed by atoms with E-state index in [0.717, 1.165) is 72.3 Å². The first-order valence-electron chi connectivity index (χ1n) is 19.4. The molecule has 57 heavy (non-hydrogen) atoms. The van der Waals surface area contributed by atoms with Gasteiger partial charge in [-0.2, -0.15) is 0 Å². The second-order valence-corrected chi connectivity index (χ2v) is 14.8. The molecule has 8 aromatic carbocycles. The Kier molecular flexibility index (Phi) is 6.89. The SMILES string of the molecule is c1ccc(-c2c(-c3ccc4c(-c5cccc6oc7ccc(-c8ccc9c(c8)c8ccccc8n9-c8ccccc8)cc7c56)cccc4c3)nc3ccccn23)cc1. The molecule has 4 heteroatoms. The van der Waals surface area contributed by atoms with Crippen LogP contribution in [0, 0.1) is 0 Å². The van der Waals surface area contributed by atoms with Crippen LogP contribution in [0.15, 0.2) is 205 Å². The van der Waals surface area contributed by atoms with E-state index in [1.807, 2.05) is 6.07 Å². The standard InChI is InChI=1S/C53H33N3O/c1-3-13-34(14-4-1)53-52(54-50-23-9-10-30-55(50)53)38-24-27-40-37(31-38)15-11-19-41(40)43-20-12-22-49-51(43)45-33-36(26-29-48(45)57-49)35-25-28-47-44(32-35)42-18-7-8-21-46(42)56(47)39-16-5-2-6-17-39/h1-33H. The summed E-state index contributed by atoms with van der Waals surface area (Å²) in [4.78, 5) is 5.14. The summed E-state index contributed by atoms with van der Waals surface area (Å²) in [5, 5.41) is 7.06. The van der Waals surface area contributed by atoms with Gasteiger partial charge in [0, 0.05) is 44.6 Å². The third-order valence-electron chi connectivity index (χ3n) is 11.5. The molecular formula is C53H33N3O. The second kappa shape index (κ2) is 12.4. The molecule has 0 aliphatic heterocycles. The minimum Gasteiger partial charge on any atom is -0.456 e. The number of hydrogen-bond acceptors (Lipinski definition) is 2. The van der Waals surface area contributed by atoms with Crippen molar-refractivity contribution in [3.05, 3.63) is 200 Å². The predicted octanol–water partition coefficient (Wildman–Crippen LogP) is 14.2. The van der Waals surface area contributed by atoms with Gasteiger partial charge in [0.05, 0.1) is 22.4 Å². The summed E-state index contributed by atoms with van der Waals surface area (Å²) in [5.74, 6) is 0. The number of pyridine rings is 1. The molecule has 0 saturated carbocycles. The number of nitrogens with zero attached hydrogens (tertiary/aromatic N) is 3. The van der Waals surface area contributed by atoms with Crippen LogP contribution in [0.25, 0.3) is 111 Å². The van der Waals surface area contributed by atoms with Crippen LogP contribution >= 0.6 is 0 Å². The van der Waals surface area contributed by atoms with Crippen molar-refractivity contribution in [1.82, 2.24) is 14.0 Å². The maximum Gasteiger partial charge on any atom is 0.137 e. The lowest BCUT2D eigenvalue weighted by atomic mass is 9.92. The van der Waals surface area contributed by atoms with Crippen LogP contribution in [0.4, 0.5) is 0 Å². The Hall–Kier alpha value is -7.69. The molecule has 266 valence electrons. The lowest BCUT2D eigenvalue weighted by molar-refractivity contribution is 0.669. The summed E-state index contributed by atoms with van der Waals surface area (Å²) in [6.07, 6.45) is 2.09. The van der Waals surface area contributed by atoms with E-state index in [1.54, 1.807) is 0 Å². The summed E-state index contributed by atoms with van der Waals surface area (Å²) in [7, 11) is 0. The Morgan fingerprint density at radius 3 is 2.04 bits per heavy atom. The number of rotatable bonds is 5. The lowest BCUT2D eigenvalue weighted by Crippen LogP contribution is -1.92. The zero-order valence-corrected chi connectivity index (χ0v) is 30.8. The van der Waals surface area contributed by atoms with E-state index in [9.17, 15) is 0 Å². The van der Waals surface area contributed by atoms with Gasteiger partial charge in [-0.1, -0.05) is 127 Å². The molecule has 0 saturated heterocycles. The quantitative estimate of drug-likeness (QED) is 0.177. The highest BCUT2D eigenvalue weighted by molar-refractivity contribution is 6.16. The van der Waals surface area contributed by atoms with Crippen LogP contribution in [0.3, 0.4) is 0 Å². The van der Waals surface area contributed by atoms with Gasteiger partial charge in [0.2, 0.25) is 0 Å². The Morgan fingerprint density at radius 2 is 1.14 bits per heavy atom. The number of aromatic nitrogens is 3.